The van der Waals surface area contributed by atoms with Crippen molar-refractivity contribution in [3.63, 3.8) is 0 Å². The Balaban J connectivity index is 2.68. The summed E-state index contributed by atoms with van der Waals surface area (Å²) in [5.74, 6) is 0.983. The van der Waals surface area contributed by atoms with E-state index in [0.29, 0.717) is 6.04 Å². The van der Waals surface area contributed by atoms with E-state index in [1.807, 2.05) is 14.0 Å². The van der Waals surface area contributed by atoms with E-state index in [1.54, 1.807) is 11.9 Å². The molecule has 0 aromatic heterocycles. The summed E-state index contributed by atoms with van der Waals surface area (Å²) >= 11 is 1.64. The lowest BCUT2D eigenvalue weighted by Gasteiger charge is -2.00. The molecule has 0 aliphatic heterocycles. The molecule has 3 N–H and O–H groups in total. The summed E-state index contributed by atoms with van der Waals surface area (Å²) in [6.07, 6.45) is 0. The van der Waals surface area contributed by atoms with Gasteiger partial charge in [0, 0.05) is 11.8 Å². The third-order valence-corrected chi connectivity index (χ3v) is 1.47. The molecule has 0 aromatic rings. The summed E-state index contributed by atoms with van der Waals surface area (Å²) in [7, 11) is 1.90. The zero-order chi connectivity index (χ0) is 5.70. The Kier molecular flexibility index (Phi) is 4.60. The molecule has 0 aliphatic rings. The van der Waals surface area contributed by atoms with Gasteiger partial charge in [0.15, 0.2) is 0 Å². The van der Waals surface area contributed by atoms with Gasteiger partial charge < -0.3 is 5.73 Å². The van der Waals surface area contributed by atoms with Crippen molar-refractivity contribution in [3.8, 4) is 0 Å². The molecule has 7 heavy (non-hydrogen) atoms. The molecule has 0 aromatic carbocycles. The highest BCUT2D eigenvalue weighted by Crippen LogP contribution is 1.91. The standard InChI is InChI=1S/C4H12N2S/c1-4(5)3-7-6-2/h4,6H,3,5H2,1-2H3. The minimum absolute atomic E-state index is 0.303. The van der Waals surface area contributed by atoms with Gasteiger partial charge in [0.05, 0.1) is 0 Å². The van der Waals surface area contributed by atoms with Gasteiger partial charge in [-0.2, -0.15) is 0 Å². The highest BCUT2D eigenvalue weighted by molar-refractivity contribution is 7.97. The maximum absolute atomic E-state index is 5.42. The SMILES string of the molecule is CNSCC(C)N. The van der Waals surface area contributed by atoms with Crippen molar-refractivity contribution >= 4 is 11.9 Å². The fraction of sp³-hybridized carbons (Fsp3) is 1.00. The molecular weight excluding hydrogens is 108 g/mol. The van der Waals surface area contributed by atoms with Crippen LogP contribution in [0, 0.1) is 0 Å². The molecule has 0 aliphatic carbocycles. The Morgan fingerprint density at radius 1 is 1.86 bits per heavy atom. The van der Waals surface area contributed by atoms with Crippen molar-refractivity contribution in [2.45, 2.75) is 13.0 Å². The highest BCUT2D eigenvalue weighted by Gasteiger charge is 1.88. The lowest BCUT2D eigenvalue weighted by atomic mass is 10.4. The van der Waals surface area contributed by atoms with Gasteiger partial charge >= 0.3 is 0 Å². The first-order valence-electron chi connectivity index (χ1n) is 2.31. The normalized spacial score (nSPS) is 14.1. The molecule has 0 radical (unpaired) electrons. The Morgan fingerprint density at radius 3 is 2.57 bits per heavy atom. The van der Waals surface area contributed by atoms with E-state index >= 15 is 0 Å². The largest absolute Gasteiger partial charge is 0.327 e. The second kappa shape index (κ2) is 4.43. The molecule has 2 nitrogen and oxygen atoms in total. The summed E-state index contributed by atoms with van der Waals surface area (Å²) in [6, 6.07) is 0.303. The van der Waals surface area contributed by atoms with Crippen molar-refractivity contribution in [3.05, 3.63) is 0 Å². The molecule has 0 rings (SSSR count). The minimum Gasteiger partial charge on any atom is -0.327 e. The van der Waals surface area contributed by atoms with Gasteiger partial charge in [0.2, 0.25) is 0 Å². The zero-order valence-corrected chi connectivity index (χ0v) is 5.59. The Labute approximate surface area is 49.0 Å². The number of hydrogen-bond donors (Lipinski definition) is 2. The summed E-state index contributed by atoms with van der Waals surface area (Å²) in [6.45, 7) is 1.99. The van der Waals surface area contributed by atoms with Crippen LogP contribution in [-0.4, -0.2) is 18.8 Å². The quantitative estimate of drug-likeness (QED) is 0.523. The Hall–Kier alpha value is 0.270. The van der Waals surface area contributed by atoms with Gasteiger partial charge in [-0.1, -0.05) is 11.9 Å². The summed E-state index contributed by atoms with van der Waals surface area (Å²) < 4.78 is 2.94. The molecule has 1 atom stereocenters. The van der Waals surface area contributed by atoms with Crippen molar-refractivity contribution < 1.29 is 0 Å². The molecular formula is C4H12N2S. The van der Waals surface area contributed by atoms with Crippen LogP contribution in [0.1, 0.15) is 6.92 Å². The average molecular weight is 120 g/mol. The zero-order valence-electron chi connectivity index (χ0n) is 4.77. The average Bonchev–Trinajstić information content (AvgIpc) is 1.61. The van der Waals surface area contributed by atoms with Gasteiger partial charge in [-0.05, 0) is 14.0 Å². The topological polar surface area (TPSA) is 38.0 Å². The smallest absolute Gasteiger partial charge is 0.0228 e. The Bertz CT molecular complexity index is 38.7. The van der Waals surface area contributed by atoms with Gasteiger partial charge in [-0.15, -0.1) is 0 Å². The van der Waals surface area contributed by atoms with E-state index in [9.17, 15) is 0 Å². The van der Waals surface area contributed by atoms with Crippen molar-refractivity contribution in [1.82, 2.24) is 4.72 Å². The van der Waals surface area contributed by atoms with Crippen LogP contribution in [0.15, 0.2) is 0 Å². The second-order valence-electron chi connectivity index (χ2n) is 1.49. The molecule has 0 saturated heterocycles. The van der Waals surface area contributed by atoms with Crippen LogP contribution in [-0.2, 0) is 0 Å². The first-order chi connectivity index (χ1) is 3.27. The second-order valence-corrected chi connectivity index (χ2v) is 2.52. The third kappa shape index (κ3) is 6.27. The number of nitrogens with one attached hydrogen (secondary N) is 1. The monoisotopic (exact) mass is 120 g/mol. The molecule has 0 spiro atoms. The summed E-state index contributed by atoms with van der Waals surface area (Å²) in [5.41, 5.74) is 5.42. The van der Waals surface area contributed by atoms with Crippen LogP contribution in [0.4, 0.5) is 0 Å². The van der Waals surface area contributed by atoms with Crippen LogP contribution >= 0.6 is 11.9 Å². The molecule has 0 amide bonds. The first kappa shape index (κ1) is 7.27. The molecule has 0 heterocycles. The fourth-order valence-electron chi connectivity index (χ4n) is 0.215. The highest BCUT2D eigenvalue weighted by atomic mass is 32.2. The first-order valence-corrected chi connectivity index (χ1v) is 3.30. The molecule has 3 heteroatoms. The molecule has 0 saturated carbocycles. The predicted octanol–water partition coefficient (Wildman–Crippen LogP) is 0.201. The van der Waals surface area contributed by atoms with Crippen LogP contribution in [0.5, 0.6) is 0 Å². The van der Waals surface area contributed by atoms with Crippen molar-refractivity contribution in [1.29, 1.82) is 0 Å². The fourth-order valence-corrected chi connectivity index (χ4v) is 0.644. The van der Waals surface area contributed by atoms with E-state index in [-0.39, 0.29) is 0 Å². The maximum Gasteiger partial charge on any atom is 0.0228 e. The third-order valence-electron chi connectivity index (χ3n) is 0.491. The van der Waals surface area contributed by atoms with Gasteiger partial charge in [0.1, 0.15) is 0 Å². The number of hydrogen-bond acceptors (Lipinski definition) is 3. The van der Waals surface area contributed by atoms with Gasteiger partial charge in [0.25, 0.3) is 0 Å². The van der Waals surface area contributed by atoms with Crippen LogP contribution in [0.25, 0.3) is 0 Å². The Morgan fingerprint density at radius 2 is 2.43 bits per heavy atom. The van der Waals surface area contributed by atoms with E-state index in [2.05, 4.69) is 4.72 Å². The van der Waals surface area contributed by atoms with E-state index in [1.165, 1.54) is 0 Å². The molecule has 1 unspecified atom stereocenters. The summed E-state index contributed by atoms with van der Waals surface area (Å²) in [4.78, 5) is 0. The summed E-state index contributed by atoms with van der Waals surface area (Å²) in [5, 5.41) is 0. The van der Waals surface area contributed by atoms with Gasteiger partial charge in [-0.25, -0.2) is 0 Å². The van der Waals surface area contributed by atoms with Crippen LogP contribution < -0.4 is 10.5 Å². The minimum atomic E-state index is 0.303. The maximum atomic E-state index is 5.42. The number of nitrogens with two attached hydrogens (primary N) is 1. The van der Waals surface area contributed by atoms with Crippen LogP contribution in [0.3, 0.4) is 0 Å². The van der Waals surface area contributed by atoms with E-state index in [4.69, 9.17) is 5.73 Å². The van der Waals surface area contributed by atoms with Crippen LogP contribution in [0.2, 0.25) is 0 Å². The lowest BCUT2D eigenvalue weighted by molar-refractivity contribution is 0.845. The molecule has 0 bridgehead atoms. The van der Waals surface area contributed by atoms with E-state index < -0.39 is 0 Å². The predicted molar refractivity (Wildman–Crippen MR) is 35.2 cm³/mol. The van der Waals surface area contributed by atoms with Crippen molar-refractivity contribution in [2.75, 3.05) is 12.8 Å². The van der Waals surface area contributed by atoms with E-state index in [0.717, 1.165) is 5.75 Å². The number of rotatable bonds is 3. The lowest BCUT2D eigenvalue weighted by Crippen LogP contribution is -2.19. The molecule has 0 fully saturated rings. The van der Waals surface area contributed by atoms with Crippen molar-refractivity contribution in [2.24, 2.45) is 5.73 Å². The van der Waals surface area contributed by atoms with Gasteiger partial charge in [-0.3, -0.25) is 4.72 Å². The molecule has 44 valence electrons.